The van der Waals surface area contributed by atoms with Crippen molar-refractivity contribution in [3.8, 4) is 5.69 Å². The van der Waals surface area contributed by atoms with Crippen LogP contribution in [0, 0.1) is 0 Å². The van der Waals surface area contributed by atoms with Gasteiger partial charge in [0.15, 0.2) is 4.80 Å². The summed E-state index contributed by atoms with van der Waals surface area (Å²) < 4.78 is 9.24. The maximum absolute atomic E-state index is 13.9. The van der Waals surface area contributed by atoms with Crippen LogP contribution in [-0.4, -0.2) is 44.1 Å². The van der Waals surface area contributed by atoms with Crippen LogP contribution in [0.1, 0.15) is 42.3 Å². The van der Waals surface area contributed by atoms with Gasteiger partial charge in [0.25, 0.3) is 5.56 Å². The number of carbonyl (C=O) groups is 1. The Balaban J connectivity index is 1.31. The molecule has 0 saturated carbocycles. The van der Waals surface area contributed by atoms with E-state index in [0.29, 0.717) is 27.1 Å². The number of ether oxygens (including phenoxy) is 1. The van der Waals surface area contributed by atoms with Crippen molar-refractivity contribution in [3.05, 3.63) is 144 Å². The number of benzene rings is 3. The van der Waals surface area contributed by atoms with E-state index in [4.69, 9.17) is 4.74 Å². The predicted octanol–water partition coefficient (Wildman–Crippen LogP) is 4.01. The molecule has 1 atom stereocenters. The number of thiazole rings is 1. The lowest BCUT2D eigenvalue weighted by Gasteiger charge is -2.24. The number of rotatable bonds is 9. The smallest absolute Gasteiger partial charge is 0.338 e. The fraction of sp³-hybridized carbons (Fsp3) is 0.206. The molecule has 3 aromatic carbocycles. The molecule has 0 N–H and O–H groups in total. The van der Waals surface area contributed by atoms with Crippen molar-refractivity contribution in [1.29, 1.82) is 0 Å². The lowest BCUT2D eigenvalue weighted by atomic mass is 9.96. The highest BCUT2D eigenvalue weighted by molar-refractivity contribution is 7.07. The summed E-state index contributed by atoms with van der Waals surface area (Å²) in [6.45, 7) is 5.25. The van der Waals surface area contributed by atoms with Gasteiger partial charge in [-0.25, -0.2) is 14.5 Å². The van der Waals surface area contributed by atoms with Crippen LogP contribution in [0.2, 0.25) is 0 Å². The zero-order valence-corrected chi connectivity index (χ0v) is 25.6. The van der Waals surface area contributed by atoms with Gasteiger partial charge >= 0.3 is 5.97 Å². The Morgan fingerprint density at radius 1 is 1.02 bits per heavy atom. The molecule has 10 heteroatoms. The third-order valence-corrected chi connectivity index (χ3v) is 8.32. The van der Waals surface area contributed by atoms with Crippen LogP contribution in [0.4, 0.5) is 0 Å². The molecule has 0 fully saturated rings. The van der Waals surface area contributed by atoms with Crippen molar-refractivity contribution in [1.82, 2.24) is 24.5 Å². The Hall–Kier alpha value is -4.93. The zero-order valence-electron chi connectivity index (χ0n) is 24.8. The van der Waals surface area contributed by atoms with Gasteiger partial charge in [-0.15, -0.1) is 5.10 Å². The number of allylic oxidation sites excluding steroid dienone is 1. The summed E-state index contributed by atoms with van der Waals surface area (Å²) in [4.78, 5) is 34.3. The highest BCUT2D eigenvalue weighted by Gasteiger charge is 2.33. The fourth-order valence-corrected chi connectivity index (χ4v) is 6.42. The van der Waals surface area contributed by atoms with Gasteiger partial charge in [-0.3, -0.25) is 14.3 Å². The lowest BCUT2D eigenvalue weighted by molar-refractivity contribution is -0.139. The summed E-state index contributed by atoms with van der Waals surface area (Å²) in [6.07, 6.45) is 3.78. The summed E-state index contributed by atoms with van der Waals surface area (Å²) in [7, 11) is 2.06. The molecule has 9 nitrogen and oxygen atoms in total. The van der Waals surface area contributed by atoms with Crippen LogP contribution >= 0.6 is 11.3 Å². The summed E-state index contributed by atoms with van der Waals surface area (Å²) in [5.41, 5.74) is 5.28. The minimum Gasteiger partial charge on any atom is -0.463 e. The number of esters is 1. The first-order valence-corrected chi connectivity index (χ1v) is 15.2. The molecule has 222 valence electrons. The molecular formula is C34H32N6O3S. The van der Waals surface area contributed by atoms with Gasteiger partial charge in [-0.1, -0.05) is 89.3 Å². The molecule has 0 spiro atoms. The van der Waals surface area contributed by atoms with Gasteiger partial charge in [0, 0.05) is 13.1 Å². The maximum atomic E-state index is 13.9. The molecule has 6 rings (SSSR count). The topological polar surface area (TPSA) is 94.6 Å². The number of nitrogens with zero attached hydrogens (tertiary/aromatic N) is 6. The minimum absolute atomic E-state index is 0.216. The van der Waals surface area contributed by atoms with Gasteiger partial charge in [-0.05, 0) is 55.8 Å². The zero-order chi connectivity index (χ0) is 30.6. The van der Waals surface area contributed by atoms with E-state index in [2.05, 4.69) is 39.4 Å². The monoisotopic (exact) mass is 604 g/mol. The average molecular weight is 605 g/mol. The van der Waals surface area contributed by atoms with Gasteiger partial charge in [0.2, 0.25) is 0 Å². The van der Waals surface area contributed by atoms with E-state index in [0.717, 1.165) is 29.1 Å². The third-order valence-electron chi connectivity index (χ3n) is 7.33. The van der Waals surface area contributed by atoms with Crippen LogP contribution in [0.25, 0.3) is 11.8 Å². The number of fused-ring (bicyclic) bond motifs is 1. The van der Waals surface area contributed by atoms with Crippen LogP contribution in [0.15, 0.2) is 112 Å². The highest BCUT2D eigenvalue weighted by Crippen LogP contribution is 2.30. The van der Waals surface area contributed by atoms with E-state index >= 15 is 0 Å². The number of hydrogen-bond acceptors (Lipinski definition) is 8. The molecule has 0 aliphatic carbocycles. The second-order valence-corrected chi connectivity index (χ2v) is 11.6. The summed E-state index contributed by atoms with van der Waals surface area (Å²) in [5, 5.41) is 8.74. The molecule has 0 amide bonds. The van der Waals surface area contributed by atoms with E-state index in [1.807, 2.05) is 85.1 Å². The van der Waals surface area contributed by atoms with Gasteiger partial charge < -0.3 is 4.74 Å². The standard InChI is InChI=1S/C34H32N6O3S/c1-4-43-33(42)30-23(2)35-34-40(31(30)26-15-9-6-10-16-26)32(41)29(44-34)19-25-14-11-17-28(18-25)39-22-27(36-37-39)21-38(3)20-24-12-7-5-8-13-24/h5-19,22,31H,4,20-21H2,1-3H3/b29-19-. The molecule has 1 aliphatic heterocycles. The van der Waals surface area contributed by atoms with Crippen molar-refractivity contribution in [2.75, 3.05) is 13.7 Å². The second kappa shape index (κ2) is 12.7. The molecule has 0 radical (unpaired) electrons. The molecule has 0 saturated heterocycles. The Morgan fingerprint density at radius 2 is 1.77 bits per heavy atom. The van der Waals surface area contributed by atoms with E-state index in [1.54, 1.807) is 23.1 Å². The predicted molar refractivity (Wildman–Crippen MR) is 170 cm³/mol. The van der Waals surface area contributed by atoms with Crippen LogP contribution in [0.5, 0.6) is 0 Å². The van der Waals surface area contributed by atoms with E-state index in [1.165, 1.54) is 16.9 Å². The Morgan fingerprint density at radius 3 is 2.52 bits per heavy atom. The minimum atomic E-state index is -0.631. The van der Waals surface area contributed by atoms with Crippen molar-refractivity contribution in [3.63, 3.8) is 0 Å². The summed E-state index contributed by atoms with van der Waals surface area (Å²) in [6, 6.07) is 27.0. The molecule has 1 unspecified atom stereocenters. The largest absolute Gasteiger partial charge is 0.463 e. The molecule has 0 bridgehead atoms. The van der Waals surface area contributed by atoms with Gasteiger partial charge in [-0.2, -0.15) is 0 Å². The van der Waals surface area contributed by atoms with E-state index in [9.17, 15) is 9.59 Å². The Kier molecular flexibility index (Phi) is 8.44. The second-order valence-electron chi connectivity index (χ2n) is 10.6. The van der Waals surface area contributed by atoms with Crippen LogP contribution in [0.3, 0.4) is 0 Å². The fourth-order valence-electron chi connectivity index (χ4n) is 5.38. The summed E-state index contributed by atoms with van der Waals surface area (Å²) in [5.74, 6) is -0.469. The maximum Gasteiger partial charge on any atom is 0.338 e. The SMILES string of the molecule is CCOC(=O)C1=C(C)N=c2s/c(=C\c3cccc(-n4cc(CN(C)Cc5ccccc5)nn4)c3)c(=O)n2C1c1ccccc1. The molecular weight excluding hydrogens is 572 g/mol. The first kappa shape index (κ1) is 29.2. The van der Waals surface area contributed by atoms with E-state index in [-0.39, 0.29) is 12.2 Å². The quantitative estimate of drug-likeness (QED) is 0.236. The highest BCUT2D eigenvalue weighted by atomic mass is 32.1. The first-order chi connectivity index (χ1) is 21.4. The molecule has 1 aliphatic rings. The Bertz CT molecular complexity index is 2010. The Labute approximate surface area is 258 Å². The normalized spacial score (nSPS) is 14.9. The van der Waals surface area contributed by atoms with Gasteiger partial charge in [0.05, 0.1) is 46.0 Å². The van der Waals surface area contributed by atoms with Crippen LogP contribution in [-0.2, 0) is 22.6 Å². The van der Waals surface area contributed by atoms with Crippen molar-refractivity contribution in [2.24, 2.45) is 4.99 Å². The van der Waals surface area contributed by atoms with E-state index < -0.39 is 12.0 Å². The average Bonchev–Trinajstić information content (AvgIpc) is 3.61. The number of aromatic nitrogens is 4. The van der Waals surface area contributed by atoms with Crippen molar-refractivity contribution >= 4 is 23.4 Å². The third kappa shape index (κ3) is 6.08. The molecule has 2 aromatic heterocycles. The number of carbonyl (C=O) groups excluding carboxylic acids is 1. The first-order valence-electron chi connectivity index (χ1n) is 14.4. The van der Waals surface area contributed by atoms with Gasteiger partial charge in [0.1, 0.15) is 0 Å². The van der Waals surface area contributed by atoms with Crippen LogP contribution < -0.4 is 14.9 Å². The van der Waals surface area contributed by atoms with Crippen molar-refractivity contribution in [2.45, 2.75) is 33.0 Å². The number of hydrogen-bond donors (Lipinski definition) is 0. The molecule has 3 heterocycles. The lowest BCUT2D eigenvalue weighted by Crippen LogP contribution is -2.39. The molecule has 5 aromatic rings. The molecule has 44 heavy (non-hydrogen) atoms. The summed E-state index contributed by atoms with van der Waals surface area (Å²) >= 11 is 1.30. The van der Waals surface area contributed by atoms with Crippen molar-refractivity contribution < 1.29 is 9.53 Å².